The van der Waals surface area contributed by atoms with E-state index in [0.717, 1.165) is 18.4 Å². The molecule has 0 saturated carbocycles. The molecule has 1 rings (SSSR count). The molecule has 4 nitrogen and oxygen atoms in total. The van der Waals surface area contributed by atoms with Crippen molar-refractivity contribution in [1.82, 2.24) is 9.29 Å². The van der Waals surface area contributed by atoms with Crippen molar-refractivity contribution in [2.75, 3.05) is 0 Å². The highest BCUT2D eigenvalue weighted by atomic mass is 32.2. The molecule has 0 spiro atoms. The third kappa shape index (κ3) is 4.44. The van der Waals surface area contributed by atoms with Gasteiger partial charge in [0.25, 0.3) is 0 Å². The first kappa shape index (κ1) is 15.3. The van der Waals surface area contributed by atoms with E-state index in [1.54, 1.807) is 42.0 Å². The monoisotopic (exact) mass is 278 g/mol. The lowest BCUT2D eigenvalue weighted by molar-refractivity contribution is -0.104. The molecular formula is C14H18N2O2S. The molecule has 1 aromatic heterocycles. The van der Waals surface area contributed by atoms with Crippen LogP contribution in [0.1, 0.15) is 27.2 Å². The summed E-state index contributed by atoms with van der Waals surface area (Å²) < 4.78 is 14.1. The van der Waals surface area contributed by atoms with Gasteiger partial charge in [0.2, 0.25) is 0 Å². The summed E-state index contributed by atoms with van der Waals surface area (Å²) in [5.74, 6) is 0. The molecule has 0 amide bonds. The molecule has 0 N–H and O–H groups in total. The first-order chi connectivity index (χ1) is 9.10. The number of rotatable bonds is 6. The van der Waals surface area contributed by atoms with Crippen molar-refractivity contribution in [3.05, 3.63) is 48.1 Å². The SMILES string of the molecule is CC/C=C(\C)N(/C=C(\C)C=O)S(=O)c1cccnc1. The summed E-state index contributed by atoms with van der Waals surface area (Å²) >= 11 is 0. The van der Waals surface area contributed by atoms with Crippen LogP contribution in [0.25, 0.3) is 0 Å². The van der Waals surface area contributed by atoms with Gasteiger partial charge in [0.15, 0.2) is 11.0 Å². The fourth-order valence-corrected chi connectivity index (χ4v) is 2.62. The van der Waals surface area contributed by atoms with Gasteiger partial charge in [-0.1, -0.05) is 13.0 Å². The Bertz CT molecular complexity index is 509. The number of carbonyl (C=O) groups excluding carboxylic acids is 1. The fourth-order valence-electron chi connectivity index (χ4n) is 1.45. The third-order valence-electron chi connectivity index (χ3n) is 2.37. The van der Waals surface area contributed by atoms with Crippen molar-refractivity contribution in [1.29, 1.82) is 0 Å². The van der Waals surface area contributed by atoms with Crippen LogP contribution in [0, 0.1) is 0 Å². The van der Waals surface area contributed by atoms with E-state index >= 15 is 0 Å². The summed E-state index contributed by atoms with van der Waals surface area (Å²) in [6.07, 6.45) is 8.33. The van der Waals surface area contributed by atoms with Crippen LogP contribution in [0.4, 0.5) is 0 Å². The molecule has 0 aliphatic carbocycles. The Balaban J connectivity index is 3.14. The van der Waals surface area contributed by atoms with E-state index in [1.165, 1.54) is 0 Å². The second-order valence-electron chi connectivity index (χ2n) is 4.01. The van der Waals surface area contributed by atoms with Crippen molar-refractivity contribution >= 4 is 17.3 Å². The smallest absolute Gasteiger partial charge is 0.158 e. The highest BCUT2D eigenvalue weighted by molar-refractivity contribution is 7.83. The van der Waals surface area contributed by atoms with Gasteiger partial charge in [-0.3, -0.25) is 14.1 Å². The second-order valence-corrected chi connectivity index (χ2v) is 5.37. The average Bonchev–Trinajstić information content (AvgIpc) is 2.44. The number of aldehydes is 1. The summed E-state index contributed by atoms with van der Waals surface area (Å²) in [6.45, 7) is 5.55. The number of nitrogens with zero attached hydrogens (tertiary/aromatic N) is 2. The zero-order valence-corrected chi connectivity index (χ0v) is 12.2. The molecule has 1 atom stereocenters. The van der Waals surface area contributed by atoms with Crippen LogP contribution in [-0.4, -0.2) is 19.8 Å². The van der Waals surface area contributed by atoms with Crippen LogP contribution in [0.2, 0.25) is 0 Å². The van der Waals surface area contributed by atoms with Crippen molar-refractivity contribution in [3.63, 3.8) is 0 Å². The van der Waals surface area contributed by atoms with Gasteiger partial charge in [0, 0.05) is 29.9 Å². The minimum absolute atomic E-state index is 0.515. The zero-order chi connectivity index (χ0) is 14.3. The standard InChI is InChI=1S/C14H18N2O2S/c1-4-6-13(3)16(10-12(2)11-17)19(18)14-7-5-8-15-9-14/h5-11H,4H2,1-3H3/b12-10+,13-6+. The first-order valence-electron chi connectivity index (χ1n) is 6.01. The molecule has 1 aromatic rings. The lowest BCUT2D eigenvalue weighted by atomic mass is 10.3. The second kappa shape index (κ2) is 7.63. The number of carbonyl (C=O) groups is 1. The van der Waals surface area contributed by atoms with E-state index in [1.807, 2.05) is 19.9 Å². The maximum absolute atomic E-state index is 12.5. The summed E-state index contributed by atoms with van der Waals surface area (Å²) in [5, 5.41) is 0. The molecule has 102 valence electrons. The van der Waals surface area contributed by atoms with E-state index in [4.69, 9.17) is 0 Å². The first-order valence-corrected chi connectivity index (χ1v) is 7.12. The molecule has 0 aliphatic rings. The average molecular weight is 278 g/mol. The molecule has 0 bridgehead atoms. The van der Waals surface area contributed by atoms with E-state index in [9.17, 15) is 9.00 Å². The van der Waals surface area contributed by atoms with Crippen LogP contribution in [-0.2, 0) is 15.8 Å². The fraction of sp³-hybridized carbons (Fsp3) is 0.286. The Kier molecular flexibility index (Phi) is 6.15. The molecule has 0 fully saturated rings. The normalized spacial score (nSPS) is 14.1. The Morgan fingerprint density at radius 1 is 1.47 bits per heavy atom. The number of pyridine rings is 1. The van der Waals surface area contributed by atoms with E-state index in [0.29, 0.717) is 10.5 Å². The molecule has 0 aromatic carbocycles. The maximum Gasteiger partial charge on any atom is 0.158 e. The summed E-state index contributed by atoms with van der Waals surface area (Å²) in [7, 11) is -1.41. The lowest BCUT2D eigenvalue weighted by Crippen LogP contribution is -2.19. The Labute approximate surface area is 116 Å². The van der Waals surface area contributed by atoms with Crippen LogP contribution in [0.3, 0.4) is 0 Å². The molecule has 1 heterocycles. The predicted octanol–water partition coefficient (Wildman–Crippen LogP) is 2.82. The highest BCUT2D eigenvalue weighted by Gasteiger charge is 2.14. The van der Waals surface area contributed by atoms with Gasteiger partial charge in [-0.2, -0.15) is 0 Å². The summed E-state index contributed by atoms with van der Waals surface area (Å²) in [6, 6.07) is 3.49. The molecule has 0 aliphatic heterocycles. The molecule has 5 heteroatoms. The third-order valence-corrected chi connectivity index (χ3v) is 3.76. The summed E-state index contributed by atoms with van der Waals surface area (Å²) in [5.41, 5.74) is 1.35. The van der Waals surface area contributed by atoms with E-state index in [2.05, 4.69) is 4.98 Å². The van der Waals surface area contributed by atoms with Crippen molar-refractivity contribution in [3.8, 4) is 0 Å². The molecule has 0 radical (unpaired) electrons. The Morgan fingerprint density at radius 3 is 2.74 bits per heavy atom. The van der Waals surface area contributed by atoms with E-state index in [-0.39, 0.29) is 0 Å². The largest absolute Gasteiger partial charge is 0.298 e. The molecule has 19 heavy (non-hydrogen) atoms. The van der Waals surface area contributed by atoms with Crippen LogP contribution in [0.15, 0.2) is 53.0 Å². The van der Waals surface area contributed by atoms with Gasteiger partial charge < -0.3 is 0 Å². The van der Waals surface area contributed by atoms with E-state index < -0.39 is 11.0 Å². The zero-order valence-electron chi connectivity index (χ0n) is 11.4. The molecule has 0 saturated heterocycles. The van der Waals surface area contributed by atoms with Crippen LogP contribution in [0.5, 0.6) is 0 Å². The highest BCUT2D eigenvalue weighted by Crippen LogP contribution is 2.17. The van der Waals surface area contributed by atoms with Crippen molar-refractivity contribution in [2.45, 2.75) is 32.1 Å². The molecule has 1 unspecified atom stereocenters. The molecular weight excluding hydrogens is 260 g/mol. The summed E-state index contributed by atoms with van der Waals surface area (Å²) in [4.78, 5) is 15.3. The van der Waals surface area contributed by atoms with Crippen LogP contribution >= 0.6 is 0 Å². The minimum Gasteiger partial charge on any atom is -0.298 e. The minimum atomic E-state index is -1.41. The number of hydrogen-bond donors (Lipinski definition) is 0. The van der Waals surface area contributed by atoms with Gasteiger partial charge in [-0.15, -0.1) is 0 Å². The van der Waals surface area contributed by atoms with Gasteiger partial charge in [0.05, 0.1) is 4.90 Å². The predicted molar refractivity (Wildman–Crippen MR) is 76.4 cm³/mol. The Hall–Kier alpha value is -1.75. The maximum atomic E-state index is 12.5. The van der Waals surface area contributed by atoms with Crippen LogP contribution < -0.4 is 0 Å². The van der Waals surface area contributed by atoms with Gasteiger partial charge in [0.1, 0.15) is 6.29 Å². The van der Waals surface area contributed by atoms with Crippen molar-refractivity contribution in [2.24, 2.45) is 0 Å². The number of allylic oxidation sites excluding steroid dienone is 3. The van der Waals surface area contributed by atoms with Gasteiger partial charge in [-0.25, -0.2) is 4.21 Å². The number of hydrogen-bond acceptors (Lipinski definition) is 3. The Morgan fingerprint density at radius 2 is 2.21 bits per heavy atom. The topological polar surface area (TPSA) is 50.3 Å². The van der Waals surface area contributed by atoms with Gasteiger partial charge in [-0.05, 0) is 32.4 Å². The number of aromatic nitrogens is 1. The van der Waals surface area contributed by atoms with Crippen molar-refractivity contribution < 1.29 is 9.00 Å². The lowest BCUT2D eigenvalue weighted by Gasteiger charge is -2.20. The van der Waals surface area contributed by atoms with Gasteiger partial charge >= 0.3 is 0 Å². The quantitative estimate of drug-likeness (QED) is 0.594.